The van der Waals surface area contributed by atoms with Gasteiger partial charge in [-0.05, 0) is 50.7 Å². The van der Waals surface area contributed by atoms with Crippen molar-refractivity contribution in [2.45, 2.75) is 39.0 Å². The Bertz CT molecular complexity index is 586. The minimum Gasteiger partial charge on any atom is -0.382 e. The van der Waals surface area contributed by atoms with E-state index in [4.69, 9.17) is 4.74 Å². The van der Waals surface area contributed by atoms with Crippen LogP contribution in [0.15, 0.2) is 24.3 Å². The molecule has 1 heterocycles. The van der Waals surface area contributed by atoms with E-state index in [1.54, 1.807) is 17.0 Å². The molecule has 0 aliphatic carbocycles. The van der Waals surface area contributed by atoms with E-state index in [1.165, 1.54) is 12.1 Å². The second kappa shape index (κ2) is 10.9. The van der Waals surface area contributed by atoms with Gasteiger partial charge in [0.15, 0.2) is 0 Å². The fourth-order valence-corrected chi connectivity index (χ4v) is 3.20. The van der Waals surface area contributed by atoms with Crippen LogP contribution in [0, 0.1) is 11.7 Å². The van der Waals surface area contributed by atoms with Crippen LogP contribution in [0.2, 0.25) is 0 Å². The first kappa shape index (κ1) is 20.4. The molecule has 0 unspecified atom stereocenters. The first-order valence-corrected chi connectivity index (χ1v) is 9.50. The van der Waals surface area contributed by atoms with Crippen molar-refractivity contribution < 1.29 is 18.7 Å². The van der Waals surface area contributed by atoms with Crippen molar-refractivity contribution >= 4 is 11.8 Å². The molecule has 1 aliphatic heterocycles. The quantitative estimate of drug-likeness (QED) is 0.685. The van der Waals surface area contributed by atoms with Crippen LogP contribution in [-0.2, 0) is 9.53 Å². The number of rotatable bonds is 9. The number of ether oxygens (including phenoxy) is 1. The summed E-state index contributed by atoms with van der Waals surface area (Å²) in [7, 11) is 0. The highest BCUT2D eigenvalue weighted by Crippen LogP contribution is 2.23. The lowest BCUT2D eigenvalue weighted by Crippen LogP contribution is -2.39. The number of carbonyl (C=O) groups is 2. The van der Waals surface area contributed by atoms with Crippen molar-refractivity contribution in [1.29, 1.82) is 0 Å². The Balaban J connectivity index is 1.65. The van der Waals surface area contributed by atoms with Gasteiger partial charge in [0.1, 0.15) is 5.82 Å². The predicted octanol–water partition coefficient (Wildman–Crippen LogP) is 3.00. The Morgan fingerprint density at radius 3 is 2.69 bits per heavy atom. The van der Waals surface area contributed by atoms with Crippen LogP contribution in [0.5, 0.6) is 0 Å². The molecule has 0 aromatic heterocycles. The Hall–Kier alpha value is -1.95. The molecule has 1 fully saturated rings. The molecule has 1 N–H and O–H groups in total. The number of likely N-dealkylation sites (tertiary alicyclic amines) is 1. The highest BCUT2D eigenvalue weighted by atomic mass is 19.1. The van der Waals surface area contributed by atoms with Gasteiger partial charge in [-0.2, -0.15) is 0 Å². The molecule has 6 heteroatoms. The zero-order valence-corrected chi connectivity index (χ0v) is 15.5. The first-order chi connectivity index (χ1) is 12.6. The molecule has 1 saturated heterocycles. The highest BCUT2D eigenvalue weighted by Gasteiger charge is 2.25. The first-order valence-electron chi connectivity index (χ1n) is 9.50. The standard InChI is InChI=1S/C20H29FN2O3/c1-2-26-15-5-12-22-19(24)9-8-16-10-13-23(14-11-16)20(25)17-6-3-4-7-18(17)21/h3-4,6-7,16H,2,5,8-15H2,1H3,(H,22,24). The van der Waals surface area contributed by atoms with E-state index < -0.39 is 5.82 Å². The zero-order valence-electron chi connectivity index (χ0n) is 15.5. The van der Waals surface area contributed by atoms with Crippen molar-refractivity contribution in [2.24, 2.45) is 5.92 Å². The molecule has 0 spiro atoms. The van der Waals surface area contributed by atoms with E-state index in [0.29, 0.717) is 45.2 Å². The van der Waals surface area contributed by atoms with Crippen molar-refractivity contribution in [3.05, 3.63) is 35.6 Å². The summed E-state index contributed by atoms with van der Waals surface area (Å²) in [6, 6.07) is 6.10. The zero-order chi connectivity index (χ0) is 18.8. The molecule has 5 nitrogen and oxygen atoms in total. The van der Waals surface area contributed by atoms with E-state index in [0.717, 1.165) is 25.7 Å². The Kier molecular flexibility index (Phi) is 8.54. The van der Waals surface area contributed by atoms with Gasteiger partial charge in [-0.3, -0.25) is 9.59 Å². The topological polar surface area (TPSA) is 58.6 Å². The van der Waals surface area contributed by atoms with E-state index in [1.807, 2.05) is 6.92 Å². The van der Waals surface area contributed by atoms with Gasteiger partial charge >= 0.3 is 0 Å². The third-order valence-corrected chi connectivity index (χ3v) is 4.78. The monoisotopic (exact) mass is 364 g/mol. The predicted molar refractivity (Wildman–Crippen MR) is 98.4 cm³/mol. The van der Waals surface area contributed by atoms with Gasteiger partial charge < -0.3 is 15.0 Å². The summed E-state index contributed by atoms with van der Waals surface area (Å²) < 4.78 is 19.0. The molecule has 2 rings (SSSR count). The average Bonchev–Trinajstić information content (AvgIpc) is 2.66. The number of halogens is 1. The van der Waals surface area contributed by atoms with Gasteiger partial charge in [0, 0.05) is 39.3 Å². The lowest BCUT2D eigenvalue weighted by molar-refractivity contribution is -0.121. The minimum atomic E-state index is -0.472. The van der Waals surface area contributed by atoms with Crippen LogP contribution < -0.4 is 5.32 Å². The summed E-state index contributed by atoms with van der Waals surface area (Å²) in [5, 5.41) is 2.91. The van der Waals surface area contributed by atoms with Crippen molar-refractivity contribution in [2.75, 3.05) is 32.8 Å². The fourth-order valence-electron chi connectivity index (χ4n) is 3.20. The number of hydrogen-bond acceptors (Lipinski definition) is 3. The molecular weight excluding hydrogens is 335 g/mol. The van der Waals surface area contributed by atoms with Gasteiger partial charge in [0.05, 0.1) is 5.56 Å². The third-order valence-electron chi connectivity index (χ3n) is 4.78. The SMILES string of the molecule is CCOCCCNC(=O)CCC1CCN(C(=O)c2ccccc2F)CC1. The Morgan fingerprint density at radius 1 is 1.27 bits per heavy atom. The smallest absolute Gasteiger partial charge is 0.256 e. The summed E-state index contributed by atoms with van der Waals surface area (Å²) in [6.45, 7) is 5.21. The molecular formula is C20H29FN2O3. The molecule has 144 valence electrons. The molecule has 0 saturated carbocycles. The number of nitrogens with zero attached hydrogens (tertiary/aromatic N) is 1. The van der Waals surface area contributed by atoms with Gasteiger partial charge in [-0.25, -0.2) is 4.39 Å². The van der Waals surface area contributed by atoms with E-state index in [9.17, 15) is 14.0 Å². The molecule has 2 amide bonds. The fraction of sp³-hybridized carbons (Fsp3) is 0.600. The van der Waals surface area contributed by atoms with Gasteiger partial charge in [-0.1, -0.05) is 12.1 Å². The van der Waals surface area contributed by atoms with Crippen LogP contribution in [0.3, 0.4) is 0 Å². The highest BCUT2D eigenvalue weighted by molar-refractivity contribution is 5.94. The van der Waals surface area contributed by atoms with Crippen LogP contribution >= 0.6 is 0 Å². The average molecular weight is 364 g/mol. The van der Waals surface area contributed by atoms with Crippen LogP contribution in [0.4, 0.5) is 4.39 Å². The van der Waals surface area contributed by atoms with Crippen molar-refractivity contribution in [1.82, 2.24) is 10.2 Å². The molecule has 0 bridgehead atoms. The maximum absolute atomic E-state index is 13.8. The lowest BCUT2D eigenvalue weighted by Gasteiger charge is -2.32. The Labute approximate surface area is 154 Å². The number of benzene rings is 1. The van der Waals surface area contributed by atoms with Crippen molar-refractivity contribution in [3.8, 4) is 0 Å². The second-order valence-corrected chi connectivity index (χ2v) is 6.65. The maximum atomic E-state index is 13.8. The summed E-state index contributed by atoms with van der Waals surface area (Å²) in [4.78, 5) is 26.0. The van der Waals surface area contributed by atoms with Gasteiger partial charge in [-0.15, -0.1) is 0 Å². The second-order valence-electron chi connectivity index (χ2n) is 6.65. The van der Waals surface area contributed by atoms with Gasteiger partial charge in [0.2, 0.25) is 5.91 Å². The number of nitrogens with one attached hydrogen (secondary N) is 1. The van der Waals surface area contributed by atoms with E-state index in [2.05, 4.69) is 5.32 Å². The molecule has 1 aliphatic rings. The van der Waals surface area contributed by atoms with Gasteiger partial charge in [0.25, 0.3) is 5.91 Å². The number of carbonyl (C=O) groups excluding carboxylic acids is 2. The summed E-state index contributed by atoms with van der Waals surface area (Å²) in [6.07, 6.45) is 3.89. The van der Waals surface area contributed by atoms with Crippen LogP contribution in [-0.4, -0.2) is 49.6 Å². The number of piperidine rings is 1. The van der Waals surface area contributed by atoms with Crippen LogP contribution in [0.1, 0.15) is 49.4 Å². The lowest BCUT2D eigenvalue weighted by atomic mass is 9.91. The summed E-state index contributed by atoms with van der Waals surface area (Å²) >= 11 is 0. The number of hydrogen-bond donors (Lipinski definition) is 1. The largest absolute Gasteiger partial charge is 0.382 e. The summed E-state index contributed by atoms with van der Waals surface area (Å²) in [5.41, 5.74) is 0.136. The maximum Gasteiger partial charge on any atom is 0.256 e. The Morgan fingerprint density at radius 2 is 2.00 bits per heavy atom. The molecule has 0 radical (unpaired) electrons. The van der Waals surface area contributed by atoms with E-state index in [-0.39, 0.29) is 17.4 Å². The van der Waals surface area contributed by atoms with E-state index >= 15 is 0 Å². The minimum absolute atomic E-state index is 0.0753. The van der Waals surface area contributed by atoms with Crippen molar-refractivity contribution in [3.63, 3.8) is 0 Å². The molecule has 26 heavy (non-hydrogen) atoms. The third kappa shape index (κ3) is 6.41. The number of amides is 2. The molecule has 0 atom stereocenters. The summed E-state index contributed by atoms with van der Waals surface area (Å²) in [5.74, 6) is -0.200. The normalized spacial score (nSPS) is 15.1. The molecule has 1 aromatic rings. The molecule has 1 aromatic carbocycles. The van der Waals surface area contributed by atoms with Crippen LogP contribution in [0.25, 0.3) is 0 Å².